The summed E-state index contributed by atoms with van der Waals surface area (Å²) in [6.45, 7) is -1.22. The van der Waals surface area contributed by atoms with Gasteiger partial charge in [-0.15, -0.1) is 0 Å². The fraction of sp³-hybridized carbons (Fsp3) is 0.733. The normalized spacial score (nSPS) is 35.9. The first kappa shape index (κ1) is 38.4. The highest BCUT2D eigenvalue weighted by Crippen LogP contribution is 2.43. The molecule has 18 heteroatoms. The van der Waals surface area contributed by atoms with Crippen LogP contribution in [-0.2, 0) is 34.9 Å². The minimum atomic E-state index is -2.45. The molecular formula is C30H45NO17. The number of hydrogen-bond acceptors (Lipinski definition) is 17. The number of ether oxygens (including phenoxy) is 5. The largest absolute Gasteiger partial charge is 0.450 e. The Hall–Kier alpha value is -2.40. The maximum atomic E-state index is 13.5. The highest BCUT2D eigenvalue weighted by atomic mass is 16.8. The molecule has 12 N–H and O–H groups in total. The summed E-state index contributed by atoms with van der Waals surface area (Å²) in [5.74, 6) is -5.30. The zero-order chi connectivity index (χ0) is 35.5. The molecule has 3 saturated heterocycles. The lowest BCUT2D eigenvalue weighted by atomic mass is 9.84. The van der Waals surface area contributed by atoms with Crippen molar-refractivity contribution in [2.45, 2.75) is 112 Å². The monoisotopic (exact) mass is 691 g/mol. The van der Waals surface area contributed by atoms with Crippen LogP contribution in [0.25, 0.3) is 0 Å². The minimum Gasteiger partial charge on any atom is -0.450 e. The van der Waals surface area contributed by atoms with Crippen LogP contribution in [0.2, 0.25) is 0 Å². The van der Waals surface area contributed by atoms with Gasteiger partial charge in [0, 0.05) is 17.9 Å². The molecular weight excluding hydrogens is 646 g/mol. The first-order chi connectivity index (χ1) is 22.7. The number of nitrogens with two attached hydrogens (primary N) is 1. The molecule has 1 aromatic carbocycles. The molecule has 4 rings (SSSR count). The average Bonchev–Trinajstić information content (AvgIpc) is 3.08. The van der Waals surface area contributed by atoms with Crippen molar-refractivity contribution in [2.75, 3.05) is 19.8 Å². The number of carbonyl (C=O) groups excluding carboxylic acids is 2. The number of amides is 1. The van der Waals surface area contributed by atoms with Crippen LogP contribution in [0.1, 0.15) is 35.7 Å². The number of primary amides is 1. The lowest BCUT2D eigenvalue weighted by molar-refractivity contribution is -0.405. The number of esters is 1. The molecule has 1 amide bonds. The molecule has 3 heterocycles. The maximum absolute atomic E-state index is 13.5. The summed E-state index contributed by atoms with van der Waals surface area (Å²) >= 11 is 0. The van der Waals surface area contributed by atoms with E-state index in [-0.39, 0.29) is 18.4 Å². The number of carbonyl (C=O) groups is 2. The summed E-state index contributed by atoms with van der Waals surface area (Å²) in [6.07, 6.45) is -22.5. The van der Waals surface area contributed by atoms with Gasteiger partial charge in [0.2, 0.25) is 5.91 Å². The average molecular weight is 692 g/mol. The molecule has 1 aromatic rings. The fourth-order valence-corrected chi connectivity index (χ4v) is 6.19. The van der Waals surface area contributed by atoms with Crippen LogP contribution in [0.4, 0.5) is 0 Å². The van der Waals surface area contributed by atoms with Crippen molar-refractivity contribution in [1.82, 2.24) is 0 Å². The van der Waals surface area contributed by atoms with Gasteiger partial charge < -0.3 is 80.5 Å². The van der Waals surface area contributed by atoms with E-state index in [0.29, 0.717) is 5.56 Å². The van der Waals surface area contributed by atoms with Crippen molar-refractivity contribution in [3.05, 3.63) is 35.4 Å². The zero-order valence-electron chi connectivity index (χ0n) is 26.0. The van der Waals surface area contributed by atoms with E-state index >= 15 is 0 Å². The molecule has 0 radical (unpaired) electrons. The van der Waals surface area contributed by atoms with Crippen LogP contribution in [-0.4, -0.2) is 168 Å². The van der Waals surface area contributed by atoms with Gasteiger partial charge in [-0.2, -0.15) is 0 Å². The van der Waals surface area contributed by atoms with Gasteiger partial charge in [-0.3, -0.25) is 4.79 Å². The molecule has 1 spiro atoms. The predicted molar refractivity (Wildman–Crippen MR) is 156 cm³/mol. The molecule has 0 bridgehead atoms. The van der Waals surface area contributed by atoms with E-state index in [9.17, 15) is 60.7 Å². The van der Waals surface area contributed by atoms with Crippen LogP contribution in [0.15, 0.2) is 24.3 Å². The number of rotatable bonds is 14. The van der Waals surface area contributed by atoms with Gasteiger partial charge in [-0.25, -0.2) is 4.79 Å². The number of benzene rings is 1. The number of hydrogen-bond donors (Lipinski definition) is 11. The van der Waals surface area contributed by atoms with Crippen molar-refractivity contribution in [3.63, 3.8) is 0 Å². The summed E-state index contributed by atoms with van der Waals surface area (Å²) in [6, 6.07) is 6.33. The van der Waals surface area contributed by atoms with Crippen LogP contribution >= 0.6 is 0 Å². The SMILES string of the molecule is CC1[C@@H](O)CC2(O[C@@H]3C(OC2=O)[C@H](O[C@H](C(O)CO)[C@H](O)C(O)CCc2ccccc2C(N)=O)OC(CO)[C@@H]3O)O[C@@H]1[C@H](O)[C@H](O)CO. The molecule has 0 saturated carbocycles. The standard InChI is InChI=1S/C30H45NO17/c1-12-16(36)8-30(47-23(12)21(40)17(37)9-32)29(43)46-26-25(48-30)22(41)19(11-34)44-28(26)45-24(18(38)10-33)20(39)15(35)7-6-13-4-2-3-5-14(13)27(31)42/h2-5,12,15-26,28,32-41H,6-11H2,1H3,(H2,31,42)/t12?,15?,16-,17+,18?,19?,20+,21+,22-,23-,24+,25-,26?,28-,30?/m0/s1. The third-order valence-corrected chi connectivity index (χ3v) is 9.11. The Morgan fingerprint density at radius 3 is 2.29 bits per heavy atom. The Morgan fingerprint density at radius 1 is 1.00 bits per heavy atom. The second-order valence-corrected chi connectivity index (χ2v) is 12.3. The minimum absolute atomic E-state index is 0.0612. The summed E-state index contributed by atoms with van der Waals surface area (Å²) < 4.78 is 28.6. The highest BCUT2D eigenvalue weighted by molar-refractivity contribution is 5.94. The summed E-state index contributed by atoms with van der Waals surface area (Å²) in [5, 5.41) is 104. The third kappa shape index (κ3) is 7.82. The van der Waals surface area contributed by atoms with E-state index in [1.54, 1.807) is 18.2 Å². The summed E-state index contributed by atoms with van der Waals surface area (Å²) in [7, 11) is 0. The van der Waals surface area contributed by atoms with Crippen molar-refractivity contribution >= 4 is 11.9 Å². The van der Waals surface area contributed by atoms with E-state index in [1.807, 2.05) is 0 Å². The number of fused-ring (bicyclic) bond motifs is 1. The highest BCUT2D eigenvalue weighted by Gasteiger charge is 2.64. The van der Waals surface area contributed by atoms with E-state index in [2.05, 4.69) is 0 Å². The van der Waals surface area contributed by atoms with E-state index in [1.165, 1.54) is 13.0 Å². The molecule has 3 aliphatic rings. The Labute approximate surface area is 274 Å². The fourth-order valence-electron chi connectivity index (χ4n) is 6.19. The van der Waals surface area contributed by atoms with Gasteiger partial charge in [-0.05, 0) is 24.5 Å². The van der Waals surface area contributed by atoms with E-state index in [4.69, 9.17) is 29.4 Å². The maximum Gasteiger partial charge on any atom is 0.367 e. The van der Waals surface area contributed by atoms with Crippen molar-refractivity contribution < 1.29 is 84.3 Å². The van der Waals surface area contributed by atoms with Crippen LogP contribution in [0.3, 0.4) is 0 Å². The molecule has 0 aliphatic carbocycles. The molecule has 3 aliphatic heterocycles. The van der Waals surface area contributed by atoms with Gasteiger partial charge in [0.1, 0.15) is 48.8 Å². The molecule has 48 heavy (non-hydrogen) atoms. The van der Waals surface area contributed by atoms with Crippen LogP contribution in [0, 0.1) is 5.92 Å². The number of aliphatic hydroxyl groups excluding tert-OH is 10. The zero-order valence-corrected chi connectivity index (χ0v) is 26.0. The Morgan fingerprint density at radius 2 is 1.67 bits per heavy atom. The van der Waals surface area contributed by atoms with Crippen LogP contribution in [0.5, 0.6) is 0 Å². The predicted octanol–water partition coefficient (Wildman–Crippen LogP) is -5.24. The quantitative estimate of drug-likeness (QED) is 0.0812. The lowest BCUT2D eigenvalue weighted by Crippen LogP contribution is -2.72. The molecule has 272 valence electrons. The van der Waals surface area contributed by atoms with Gasteiger partial charge in [0.25, 0.3) is 5.79 Å². The van der Waals surface area contributed by atoms with E-state index in [0.717, 1.165) is 0 Å². The first-order valence-electron chi connectivity index (χ1n) is 15.5. The topological polar surface area (TPSA) is 309 Å². The summed E-state index contributed by atoms with van der Waals surface area (Å²) in [5.41, 5.74) is 6.08. The van der Waals surface area contributed by atoms with Crippen molar-refractivity contribution in [3.8, 4) is 0 Å². The smallest absolute Gasteiger partial charge is 0.367 e. The molecule has 3 fully saturated rings. The van der Waals surface area contributed by atoms with Gasteiger partial charge in [0.05, 0.1) is 38.1 Å². The number of aliphatic hydroxyl groups is 10. The Bertz CT molecular complexity index is 1240. The molecule has 0 aromatic heterocycles. The van der Waals surface area contributed by atoms with Gasteiger partial charge in [-0.1, -0.05) is 25.1 Å². The Balaban J connectivity index is 1.56. The van der Waals surface area contributed by atoms with E-state index < -0.39 is 129 Å². The second kappa shape index (κ2) is 16.1. The van der Waals surface area contributed by atoms with Crippen molar-refractivity contribution in [1.29, 1.82) is 0 Å². The first-order valence-corrected chi connectivity index (χ1v) is 15.5. The second-order valence-electron chi connectivity index (χ2n) is 12.3. The Kier molecular flexibility index (Phi) is 12.9. The molecule has 18 nitrogen and oxygen atoms in total. The number of aryl methyl sites for hydroxylation is 1. The summed E-state index contributed by atoms with van der Waals surface area (Å²) in [4.78, 5) is 25.2. The van der Waals surface area contributed by atoms with Gasteiger partial charge in [0.15, 0.2) is 12.4 Å². The third-order valence-electron chi connectivity index (χ3n) is 9.11. The molecule has 6 unspecified atom stereocenters. The van der Waals surface area contributed by atoms with Gasteiger partial charge >= 0.3 is 5.97 Å². The molecule has 15 atom stereocenters. The lowest BCUT2D eigenvalue weighted by Gasteiger charge is -2.54. The van der Waals surface area contributed by atoms with Crippen molar-refractivity contribution in [2.24, 2.45) is 11.7 Å². The van der Waals surface area contributed by atoms with Crippen LogP contribution < -0.4 is 5.73 Å².